The summed E-state index contributed by atoms with van der Waals surface area (Å²) in [5.74, 6) is 4.83. The van der Waals surface area contributed by atoms with Gasteiger partial charge in [-0.1, -0.05) is 6.92 Å². The molecule has 2 aliphatic carbocycles. The minimum atomic E-state index is 0.514. The first-order chi connectivity index (χ1) is 10.7. The van der Waals surface area contributed by atoms with Gasteiger partial charge in [0, 0.05) is 24.2 Å². The Kier molecular flexibility index (Phi) is 3.28. The van der Waals surface area contributed by atoms with E-state index in [1.54, 1.807) is 19.4 Å². The summed E-state index contributed by atoms with van der Waals surface area (Å²) in [6.07, 6.45) is 5.37. The van der Waals surface area contributed by atoms with Gasteiger partial charge in [0.15, 0.2) is 0 Å². The molecule has 2 aliphatic rings. The lowest BCUT2D eigenvalue weighted by atomic mass is 10.3. The second-order valence-corrected chi connectivity index (χ2v) is 6.38. The number of ether oxygens (including phenoxy) is 1. The molecule has 2 atom stereocenters. The van der Waals surface area contributed by atoms with Gasteiger partial charge in [-0.25, -0.2) is 4.98 Å². The lowest BCUT2D eigenvalue weighted by molar-refractivity contribution is 0.396. The second kappa shape index (κ2) is 5.30. The smallest absolute Gasteiger partial charge is 0.229 e. The Hall–Kier alpha value is -2.04. The zero-order valence-corrected chi connectivity index (χ0v) is 13.0. The van der Waals surface area contributed by atoms with Crippen LogP contribution in [0.5, 0.6) is 5.88 Å². The van der Waals surface area contributed by atoms with Gasteiger partial charge in [-0.3, -0.25) is 0 Å². The Morgan fingerprint density at radius 1 is 1.32 bits per heavy atom. The SMILES string of the molecule is COc1ccnc(N(Cc2ccc(C3CC3C)o2)C2CC2)n1. The van der Waals surface area contributed by atoms with Gasteiger partial charge in [0.1, 0.15) is 11.5 Å². The van der Waals surface area contributed by atoms with Crippen LogP contribution < -0.4 is 9.64 Å². The van der Waals surface area contributed by atoms with Gasteiger partial charge >= 0.3 is 0 Å². The van der Waals surface area contributed by atoms with Crippen LogP contribution in [0.1, 0.15) is 43.6 Å². The van der Waals surface area contributed by atoms with E-state index in [1.165, 1.54) is 19.3 Å². The third-order valence-corrected chi connectivity index (χ3v) is 4.55. The topological polar surface area (TPSA) is 51.4 Å². The standard InChI is InChI=1S/C17H21N3O2/c1-11-9-14(11)15-6-5-13(22-15)10-20(12-3-4-12)17-18-8-7-16(19-17)21-2/h5-8,11-12,14H,3-4,9-10H2,1-2H3. The van der Waals surface area contributed by atoms with E-state index in [2.05, 4.69) is 33.9 Å². The number of aromatic nitrogens is 2. The highest BCUT2D eigenvalue weighted by atomic mass is 16.5. The largest absolute Gasteiger partial charge is 0.481 e. The van der Waals surface area contributed by atoms with E-state index >= 15 is 0 Å². The van der Waals surface area contributed by atoms with Crippen molar-refractivity contribution in [2.45, 2.75) is 44.7 Å². The fourth-order valence-corrected chi connectivity index (χ4v) is 2.90. The summed E-state index contributed by atoms with van der Waals surface area (Å²) in [6, 6.07) is 6.51. The number of furan rings is 1. The minimum absolute atomic E-state index is 0.514. The maximum Gasteiger partial charge on any atom is 0.229 e. The molecule has 2 aromatic heterocycles. The van der Waals surface area contributed by atoms with Gasteiger partial charge < -0.3 is 14.1 Å². The lowest BCUT2D eigenvalue weighted by Crippen LogP contribution is -2.26. The molecule has 0 bridgehead atoms. The Morgan fingerprint density at radius 2 is 2.14 bits per heavy atom. The van der Waals surface area contributed by atoms with Gasteiger partial charge in [0.2, 0.25) is 11.8 Å². The van der Waals surface area contributed by atoms with Crippen LogP contribution in [0.25, 0.3) is 0 Å². The quantitative estimate of drug-likeness (QED) is 0.818. The fourth-order valence-electron chi connectivity index (χ4n) is 2.90. The molecule has 2 saturated carbocycles. The van der Waals surface area contributed by atoms with Crippen LogP contribution in [0, 0.1) is 5.92 Å². The maximum atomic E-state index is 6.04. The first-order valence-electron chi connectivity index (χ1n) is 7.97. The first kappa shape index (κ1) is 13.6. The van der Waals surface area contributed by atoms with Crippen molar-refractivity contribution in [2.24, 2.45) is 5.92 Å². The normalized spacial score (nSPS) is 23.4. The molecule has 2 fully saturated rings. The molecule has 2 aromatic rings. The zero-order chi connectivity index (χ0) is 15.1. The van der Waals surface area contributed by atoms with Crippen LogP contribution in [0.15, 0.2) is 28.8 Å². The molecule has 0 N–H and O–H groups in total. The molecule has 116 valence electrons. The van der Waals surface area contributed by atoms with Crippen LogP contribution >= 0.6 is 0 Å². The lowest BCUT2D eigenvalue weighted by Gasteiger charge is -2.21. The highest BCUT2D eigenvalue weighted by molar-refractivity contribution is 5.36. The number of anilines is 1. The summed E-state index contributed by atoms with van der Waals surface area (Å²) < 4.78 is 11.2. The molecular formula is C17H21N3O2. The minimum Gasteiger partial charge on any atom is -0.481 e. The van der Waals surface area contributed by atoms with Crippen molar-refractivity contribution in [2.75, 3.05) is 12.0 Å². The summed E-state index contributed by atoms with van der Waals surface area (Å²) in [6.45, 7) is 2.99. The van der Waals surface area contributed by atoms with E-state index in [0.29, 0.717) is 17.8 Å². The van der Waals surface area contributed by atoms with Gasteiger partial charge in [0.05, 0.1) is 13.7 Å². The van der Waals surface area contributed by atoms with Gasteiger partial charge in [-0.2, -0.15) is 4.98 Å². The molecule has 2 heterocycles. The average Bonchev–Trinajstić information content (AvgIpc) is 3.46. The third kappa shape index (κ3) is 2.67. The average molecular weight is 299 g/mol. The number of rotatable bonds is 6. The molecule has 5 nitrogen and oxygen atoms in total. The maximum absolute atomic E-state index is 6.04. The number of hydrogen-bond acceptors (Lipinski definition) is 5. The fraction of sp³-hybridized carbons (Fsp3) is 0.529. The Balaban J connectivity index is 1.53. The van der Waals surface area contributed by atoms with Crippen molar-refractivity contribution in [3.05, 3.63) is 35.9 Å². The van der Waals surface area contributed by atoms with Crippen molar-refractivity contribution < 1.29 is 9.15 Å². The van der Waals surface area contributed by atoms with Crippen LogP contribution in [0.4, 0.5) is 5.95 Å². The van der Waals surface area contributed by atoms with Crippen molar-refractivity contribution in [3.8, 4) is 5.88 Å². The van der Waals surface area contributed by atoms with E-state index in [9.17, 15) is 0 Å². The number of nitrogens with zero attached hydrogens (tertiary/aromatic N) is 3. The van der Waals surface area contributed by atoms with Crippen molar-refractivity contribution in [1.29, 1.82) is 0 Å². The second-order valence-electron chi connectivity index (χ2n) is 6.38. The van der Waals surface area contributed by atoms with Crippen LogP contribution in [0.3, 0.4) is 0 Å². The highest BCUT2D eigenvalue weighted by Crippen LogP contribution is 2.47. The molecule has 0 aliphatic heterocycles. The molecule has 0 spiro atoms. The molecule has 4 rings (SSSR count). The molecule has 0 radical (unpaired) electrons. The van der Waals surface area contributed by atoms with Gasteiger partial charge in [0.25, 0.3) is 0 Å². The monoisotopic (exact) mass is 299 g/mol. The summed E-state index contributed by atoms with van der Waals surface area (Å²) in [5.41, 5.74) is 0. The van der Waals surface area contributed by atoms with Crippen molar-refractivity contribution >= 4 is 5.95 Å². The molecule has 0 amide bonds. The van der Waals surface area contributed by atoms with Crippen LogP contribution in [0.2, 0.25) is 0 Å². The Bertz CT molecular complexity index is 665. The Morgan fingerprint density at radius 3 is 2.82 bits per heavy atom. The van der Waals surface area contributed by atoms with Crippen molar-refractivity contribution in [1.82, 2.24) is 9.97 Å². The predicted molar refractivity (Wildman–Crippen MR) is 83.0 cm³/mol. The van der Waals surface area contributed by atoms with Gasteiger partial charge in [-0.05, 0) is 37.3 Å². The molecule has 2 unspecified atom stereocenters. The van der Waals surface area contributed by atoms with Gasteiger partial charge in [-0.15, -0.1) is 0 Å². The Labute approximate surface area is 130 Å². The molecule has 22 heavy (non-hydrogen) atoms. The number of hydrogen-bond donors (Lipinski definition) is 0. The summed E-state index contributed by atoms with van der Waals surface area (Å²) in [7, 11) is 1.63. The van der Waals surface area contributed by atoms with E-state index in [-0.39, 0.29) is 0 Å². The summed E-state index contributed by atoms with van der Waals surface area (Å²) >= 11 is 0. The first-order valence-corrected chi connectivity index (χ1v) is 7.97. The molecular weight excluding hydrogens is 278 g/mol. The summed E-state index contributed by atoms with van der Waals surface area (Å²) in [4.78, 5) is 11.1. The molecule has 0 aromatic carbocycles. The summed E-state index contributed by atoms with van der Waals surface area (Å²) in [5, 5.41) is 0. The zero-order valence-electron chi connectivity index (χ0n) is 13.0. The number of methoxy groups -OCH3 is 1. The third-order valence-electron chi connectivity index (χ3n) is 4.55. The predicted octanol–water partition coefficient (Wildman–Crippen LogP) is 3.37. The van der Waals surface area contributed by atoms with Crippen molar-refractivity contribution in [3.63, 3.8) is 0 Å². The highest BCUT2D eigenvalue weighted by Gasteiger charge is 2.37. The molecule has 5 heteroatoms. The van der Waals surface area contributed by atoms with E-state index < -0.39 is 0 Å². The van der Waals surface area contributed by atoms with E-state index in [0.717, 1.165) is 29.9 Å². The van der Waals surface area contributed by atoms with Crippen LogP contribution in [-0.4, -0.2) is 23.1 Å². The van der Waals surface area contributed by atoms with E-state index in [4.69, 9.17) is 9.15 Å². The van der Waals surface area contributed by atoms with Crippen LogP contribution in [-0.2, 0) is 6.54 Å². The van der Waals surface area contributed by atoms with E-state index in [1.807, 2.05) is 0 Å². The molecule has 0 saturated heterocycles.